The first-order valence-corrected chi connectivity index (χ1v) is 14.4. The van der Waals surface area contributed by atoms with Gasteiger partial charge in [0, 0.05) is 60.6 Å². The van der Waals surface area contributed by atoms with E-state index in [0.29, 0.717) is 30.1 Å². The van der Waals surface area contributed by atoms with Gasteiger partial charge in [0.25, 0.3) is 17.7 Å². The van der Waals surface area contributed by atoms with Gasteiger partial charge in [0.15, 0.2) is 0 Å². The largest absolute Gasteiger partial charge is 0.373 e. The van der Waals surface area contributed by atoms with E-state index in [1.54, 1.807) is 18.2 Å². The number of halogens is 3. The topological polar surface area (TPSA) is 52.7 Å². The molecule has 2 amide bonds. The first kappa shape index (κ1) is 29.4. The van der Waals surface area contributed by atoms with Crippen molar-refractivity contribution in [2.75, 3.05) is 26.2 Å². The summed E-state index contributed by atoms with van der Waals surface area (Å²) in [4.78, 5) is 30.0. The van der Waals surface area contributed by atoms with Gasteiger partial charge in [0.05, 0.1) is 6.54 Å². The van der Waals surface area contributed by atoms with E-state index in [4.69, 9.17) is 0 Å². The third kappa shape index (κ3) is 6.37. The van der Waals surface area contributed by atoms with Crippen LogP contribution in [0.3, 0.4) is 0 Å². The predicted molar refractivity (Wildman–Crippen MR) is 159 cm³/mol. The summed E-state index contributed by atoms with van der Waals surface area (Å²) in [6.45, 7) is 6.78. The molecule has 0 aromatic heterocycles. The number of carbonyl (C=O) groups excluding carboxylic acids is 2. The van der Waals surface area contributed by atoms with Gasteiger partial charge in [-0.3, -0.25) is 9.59 Å². The number of likely N-dealkylation sites (tertiary alicyclic amines) is 1. The van der Waals surface area contributed by atoms with Gasteiger partial charge in [-0.2, -0.15) is 0 Å². The minimum Gasteiger partial charge on any atom is -0.373 e. The summed E-state index contributed by atoms with van der Waals surface area (Å²) in [6, 6.07) is 17.5. The Balaban J connectivity index is 1.24. The summed E-state index contributed by atoms with van der Waals surface area (Å²) in [5.41, 5.74) is 3.59. The van der Waals surface area contributed by atoms with E-state index >= 15 is 0 Å². The van der Waals surface area contributed by atoms with Crippen molar-refractivity contribution in [3.63, 3.8) is 0 Å². The van der Waals surface area contributed by atoms with Crippen molar-refractivity contribution in [2.45, 2.75) is 45.6 Å². The van der Waals surface area contributed by atoms with E-state index in [1.807, 2.05) is 42.2 Å². The molecule has 2 aliphatic rings. The number of rotatable bonds is 8. The maximum absolute atomic E-state index is 13.7. The molecule has 1 N–H and O–H groups in total. The lowest BCUT2D eigenvalue weighted by Crippen LogP contribution is -2.54. The Labute approximate surface area is 244 Å². The number of hydrogen-bond acceptors (Lipinski definition) is 3. The molecule has 1 saturated heterocycles. The van der Waals surface area contributed by atoms with E-state index in [0.717, 1.165) is 40.1 Å². The molecule has 1 atom stereocenters. The van der Waals surface area contributed by atoms with Crippen molar-refractivity contribution in [2.24, 2.45) is 5.92 Å². The summed E-state index contributed by atoms with van der Waals surface area (Å²) < 4.78 is 40.7. The standard InChI is InChI=1S/C34H36F3N3O2/c1-4-34(36,37)21-38-32(41)30-16-13-27-6-5-22(2)39(20-31(27)23(30)3)17-24-18-40(19-24)33(42)28-9-7-25(8-10-28)26-11-14-29(35)15-12-26/h6-16,20,22,24H,4-5,17-19,21H2,1-3H3,(H,38,41). The van der Waals surface area contributed by atoms with E-state index < -0.39 is 18.4 Å². The van der Waals surface area contributed by atoms with Crippen LogP contribution < -0.4 is 15.8 Å². The third-order valence-electron chi connectivity index (χ3n) is 8.38. The maximum Gasteiger partial charge on any atom is 0.264 e. The molecule has 0 bridgehead atoms. The number of nitrogens with one attached hydrogen (secondary N) is 1. The van der Waals surface area contributed by atoms with Crippen molar-refractivity contribution in [1.29, 1.82) is 0 Å². The summed E-state index contributed by atoms with van der Waals surface area (Å²) in [7, 11) is 0. The highest BCUT2D eigenvalue weighted by Gasteiger charge is 2.33. The molecule has 1 unspecified atom stereocenters. The lowest BCUT2D eigenvalue weighted by atomic mass is 9.96. The third-order valence-corrected chi connectivity index (χ3v) is 8.38. The van der Waals surface area contributed by atoms with Gasteiger partial charge in [-0.05, 0) is 72.5 Å². The highest BCUT2D eigenvalue weighted by molar-refractivity contribution is 5.96. The molecule has 42 heavy (non-hydrogen) atoms. The SMILES string of the molecule is CCC(F)(F)CNC(=O)c1ccc2c(c1C)=CN(CC1CN(C(=O)c3ccc(-c4ccc(F)cc4)cc3)C1)C(C)CC=2. The molecule has 5 rings (SSSR count). The number of carbonyl (C=O) groups is 2. The fourth-order valence-electron chi connectivity index (χ4n) is 5.51. The van der Waals surface area contributed by atoms with Gasteiger partial charge >= 0.3 is 0 Å². The normalized spacial score (nSPS) is 17.0. The summed E-state index contributed by atoms with van der Waals surface area (Å²) in [6.07, 6.45) is 4.73. The number of nitrogens with zero attached hydrogens (tertiary/aromatic N) is 2. The van der Waals surface area contributed by atoms with Gasteiger partial charge in [0.2, 0.25) is 0 Å². The highest BCUT2D eigenvalue weighted by Crippen LogP contribution is 2.25. The average Bonchev–Trinajstić information content (AvgIpc) is 3.12. The van der Waals surface area contributed by atoms with Gasteiger partial charge in [-0.15, -0.1) is 0 Å². The molecule has 0 spiro atoms. The Morgan fingerprint density at radius 3 is 2.26 bits per heavy atom. The Kier molecular flexibility index (Phi) is 8.43. The van der Waals surface area contributed by atoms with Crippen LogP contribution in [-0.2, 0) is 0 Å². The second-order valence-electron chi connectivity index (χ2n) is 11.4. The zero-order chi connectivity index (χ0) is 30.0. The van der Waals surface area contributed by atoms with Crippen LogP contribution in [0.1, 0.15) is 53.0 Å². The first-order chi connectivity index (χ1) is 20.0. The molecule has 0 radical (unpaired) electrons. The molecule has 3 aromatic carbocycles. The Morgan fingerprint density at radius 2 is 1.62 bits per heavy atom. The van der Waals surface area contributed by atoms with Gasteiger partial charge in [0.1, 0.15) is 5.82 Å². The van der Waals surface area contributed by atoms with Gasteiger partial charge in [-0.25, -0.2) is 13.2 Å². The van der Waals surface area contributed by atoms with E-state index in [1.165, 1.54) is 19.1 Å². The molecule has 2 aliphatic heterocycles. The molecule has 1 fully saturated rings. The highest BCUT2D eigenvalue weighted by atomic mass is 19.3. The minimum absolute atomic E-state index is 0.0105. The molecule has 0 aliphatic carbocycles. The van der Waals surface area contributed by atoms with Crippen molar-refractivity contribution < 1.29 is 22.8 Å². The number of benzene rings is 3. The lowest BCUT2D eigenvalue weighted by Gasteiger charge is -2.42. The molecular weight excluding hydrogens is 539 g/mol. The fourth-order valence-corrected chi connectivity index (χ4v) is 5.51. The van der Waals surface area contributed by atoms with E-state index in [9.17, 15) is 22.8 Å². The number of fused-ring (bicyclic) bond motifs is 1. The van der Waals surface area contributed by atoms with Crippen LogP contribution in [0.25, 0.3) is 23.4 Å². The zero-order valence-electron chi connectivity index (χ0n) is 24.2. The van der Waals surface area contributed by atoms with Crippen LogP contribution in [0.2, 0.25) is 0 Å². The predicted octanol–water partition coefficient (Wildman–Crippen LogP) is 4.96. The molecular formula is C34H36F3N3O2. The van der Waals surface area contributed by atoms with Crippen LogP contribution in [0.5, 0.6) is 0 Å². The van der Waals surface area contributed by atoms with E-state index in [2.05, 4.69) is 29.4 Å². The van der Waals surface area contributed by atoms with Crippen LogP contribution in [-0.4, -0.2) is 59.8 Å². The fraction of sp³-hybridized carbons (Fsp3) is 0.353. The second kappa shape index (κ2) is 12.0. The van der Waals surface area contributed by atoms with Crippen molar-refractivity contribution in [1.82, 2.24) is 15.1 Å². The van der Waals surface area contributed by atoms with Crippen molar-refractivity contribution in [3.8, 4) is 11.1 Å². The Bertz CT molecular complexity index is 1580. The monoisotopic (exact) mass is 575 g/mol. The molecule has 8 heteroatoms. The minimum atomic E-state index is -2.94. The van der Waals surface area contributed by atoms with Gasteiger partial charge < -0.3 is 15.1 Å². The maximum atomic E-state index is 13.7. The second-order valence-corrected chi connectivity index (χ2v) is 11.4. The molecule has 3 aromatic rings. The Morgan fingerprint density at radius 1 is 0.976 bits per heavy atom. The quantitative estimate of drug-likeness (QED) is 0.413. The van der Waals surface area contributed by atoms with Crippen LogP contribution in [0, 0.1) is 18.7 Å². The number of amides is 2. The molecule has 5 nitrogen and oxygen atoms in total. The van der Waals surface area contributed by atoms with E-state index in [-0.39, 0.29) is 24.2 Å². The van der Waals surface area contributed by atoms with Crippen LogP contribution in [0.15, 0.2) is 60.7 Å². The van der Waals surface area contributed by atoms with Crippen molar-refractivity contribution >= 4 is 24.1 Å². The van der Waals surface area contributed by atoms with Crippen LogP contribution in [0.4, 0.5) is 13.2 Å². The molecule has 0 saturated carbocycles. The zero-order valence-corrected chi connectivity index (χ0v) is 24.2. The number of hydrogen-bond donors (Lipinski definition) is 1. The summed E-state index contributed by atoms with van der Waals surface area (Å²) >= 11 is 0. The summed E-state index contributed by atoms with van der Waals surface area (Å²) in [5.74, 6) is -3.43. The van der Waals surface area contributed by atoms with Gasteiger partial charge in [-0.1, -0.05) is 43.3 Å². The number of alkyl halides is 2. The van der Waals surface area contributed by atoms with Crippen molar-refractivity contribution in [3.05, 3.63) is 93.6 Å². The molecule has 2 heterocycles. The Hall–Kier alpha value is -4.07. The lowest BCUT2D eigenvalue weighted by molar-refractivity contribution is -0.00103. The average molecular weight is 576 g/mol. The summed E-state index contributed by atoms with van der Waals surface area (Å²) in [5, 5.41) is 4.33. The van der Waals surface area contributed by atoms with Crippen LogP contribution >= 0.6 is 0 Å². The molecule has 220 valence electrons. The smallest absolute Gasteiger partial charge is 0.264 e. The first-order valence-electron chi connectivity index (χ1n) is 14.4.